The molecule has 2 heterocycles. The number of rotatable bonds is 3. The lowest BCUT2D eigenvalue weighted by atomic mass is 10.2. The van der Waals surface area contributed by atoms with Gasteiger partial charge in [-0.25, -0.2) is 4.98 Å². The zero-order chi connectivity index (χ0) is 19.2. The maximum Gasteiger partial charge on any atom is 0.431 e. The van der Waals surface area contributed by atoms with Gasteiger partial charge < -0.3 is 9.13 Å². The molecule has 0 aliphatic rings. The zero-order valence-electron chi connectivity index (χ0n) is 14.2. The van der Waals surface area contributed by atoms with Crippen LogP contribution in [0.4, 0.5) is 13.2 Å². The fourth-order valence-electron chi connectivity index (χ4n) is 2.84. The molecule has 0 unspecified atom stereocenters. The van der Waals surface area contributed by atoms with Crippen molar-refractivity contribution in [2.45, 2.75) is 18.0 Å². The molecular weight excluding hydrogens is 431 g/mol. The molecule has 0 amide bonds. The second-order valence-corrected chi connectivity index (χ2v) is 7.91. The molecule has 0 aliphatic carbocycles. The monoisotopic (exact) mass is 445 g/mol. The highest BCUT2D eigenvalue weighted by atomic mass is 79.9. The van der Waals surface area contributed by atoms with E-state index in [0.29, 0.717) is 10.4 Å². The lowest BCUT2D eigenvalue weighted by molar-refractivity contribution is -0.143. The van der Waals surface area contributed by atoms with Crippen molar-refractivity contribution in [3.05, 3.63) is 44.8 Å². The quantitative estimate of drug-likeness (QED) is 0.541. The summed E-state index contributed by atoms with van der Waals surface area (Å²) in [7, 11) is 2.76. The van der Waals surface area contributed by atoms with Gasteiger partial charge in [-0.15, -0.1) is 11.8 Å². The maximum atomic E-state index is 13.2. The molecule has 0 aliphatic heterocycles. The Morgan fingerprint density at radius 3 is 2.50 bits per heavy atom. The number of benzene rings is 1. The first-order valence-corrected chi connectivity index (χ1v) is 9.49. The van der Waals surface area contributed by atoms with E-state index >= 15 is 0 Å². The first kappa shape index (κ1) is 19.0. The van der Waals surface area contributed by atoms with Crippen LogP contribution in [0.3, 0.4) is 0 Å². The lowest BCUT2D eigenvalue weighted by Gasteiger charge is -2.11. The van der Waals surface area contributed by atoms with E-state index in [0.717, 1.165) is 33.8 Å². The Hall–Kier alpha value is -1.74. The summed E-state index contributed by atoms with van der Waals surface area (Å²) in [5.74, 6) is 1.28. The normalized spacial score (nSPS) is 12.1. The fourth-order valence-corrected chi connectivity index (χ4v) is 4.19. The van der Waals surface area contributed by atoms with Crippen LogP contribution in [0, 0.1) is 0 Å². The first-order chi connectivity index (χ1) is 12.1. The van der Waals surface area contributed by atoms with Crippen LogP contribution < -0.4 is 5.56 Å². The molecule has 9 heteroatoms. The van der Waals surface area contributed by atoms with E-state index in [1.54, 1.807) is 23.4 Å². The molecule has 4 nitrogen and oxygen atoms in total. The number of alkyl halides is 3. The van der Waals surface area contributed by atoms with Crippen molar-refractivity contribution in [3.8, 4) is 11.4 Å². The molecule has 0 bridgehead atoms. The third-order valence-corrected chi connectivity index (χ3v) is 5.47. The molecule has 138 valence electrons. The van der Waals surface area contributed by atoms with Crippen molar-refractivity contribution in [3.63, 3.8) is 0 Å². The number of imidazole rings is 1. The molecule has 0 spiro atoms. The van der Waals surface area contributed by atoms with Gasteiger partial charge in [-0.1, -0.05) is 22.9 Å². The summed E-state index contributed by atoms with van der Waals surface area (Å²) in [5.41, 5.74) is -0.787. The number of fused-ring (bicyclic) bond motifs is 1. The number of aryl methyl sites for hydroxylation is 1. The van der Waals surface area contributed by atoms with Gasteiger partial charge in [0.2, 0.25) is 0 Å². The van der Waals surface area contributed by atoms with Crippen molar-refractivity contribution in [1.82, 2.24) is 14.1 Å². The van der Waals surface area contributed by atoms with Crippen LogP contribution in [0.1, 0.15) is 12.6 Å². The standard InChI is InChI=1S/C17H15BrF3N3OS/c1-4-26-12-7-9(18)5-6-10(12)15-22-11-8-13(17(19,20)21)23(2)16(25)14(11)24(15)3/h5-8H,4H2,1-3H3. The van der Waals surface area contributed by atoms with Crippen LogP contribution in [-0.2, 0) is 20.3 Å². The van der Waals surface area contributed by atoms with Crippen LogP contribution in [0.2, 0.25) is 0 Å². The number of hydrogen-bond donors (Lipinski definition) is 0. The van der Waals surface area contributed by atoms with E-state index < -0.39 is 17.4 Å². The summed E-state index contributed by atoms with van der Waals surface area (Å²) in [6.45, 7) is 2.01. The first-order valence-electron chi connectivity index (χ1n) is 7.71. The van der Waals surface area contributed by atoms with Crippen molar-refractivity contribution >= 4 is 38.7 Å². The number of halogens is 4. The Labute approximate surface area is 160 Å². The number of thioether (sulfide) groups is 1. The van der Waals surface area contributed by atoms with Crippen LogP contribution in [-0.4, -0.2) is 19.9 Å². The van der Waals surface area contributed by atoms with Gasteiger partial charge >= 0.3 is 6.18 Å². The molecule has 0 N–H and O–H groups in total. The van der Waals surface area contributed by atoms with Crippen molar-refractivity contribution in [1.29, 1.82) is 0 Å². The highest BCUT2D eigenvalue weighted by molar-refractivity contribution is 9.10. The van der Waals surface area contributed by atoms with Gasteiger partial charge in [0.25, 0.3) is 5.56 Å². The summed E-state index contributed by atoms with van der Waals surface area (Å²) >= 11 is 5.02. The van der Waals surface area contributed by atoms with Gasteiger partial charge in [0.15, 0.2) is 0 Å². The topological polar surface area (TPSA) is 39.8 Å². The predicted molar refractivity (Wildman–Crippen MR) is 100 cm³/mol. The number of nitrogens with zero attached hydrogens (tertiary/aromatic N) is 3. The van der Waals surface area contributed by atoms with Crippen molar-refractivity contribution in [2.24, 2.45) is 14.1 Å². The van der Waals surface area contributed by atoms with Crippen LogP contribution in [0.15, 0.2) is 38.4 Å². The zero-order valence-corrected chi connectivity index (χ0v) is 16.6. The molecule has 0 saturated heterocycles. The molecule has 2 aromatic heterocycles. The smallest absolute Gasteiger partial charge is 0.323 e. The second kappa shape index (κ2) is 6.77. The minimum atomic E-state index is -4.62. The van der Waals surface area contributed by atoms with Crippen molar-refractivity contribution in [2.75, 3.05) is 5.75 Å². The van der Waals surface area contributed by atoms with Crippen LogP contribution >= 0.6 is 27.7 Å². The van der Waals surface area contributed by atoms with E-state index in [1.165, 1.54) is 0 Å². The molecule has 26 heavy (non-hydrogen) atoms. The predicted octanol–water partition coefficient (Wildman–Crippen LogP) is 4.83. The van der Waals surface area contributed by atoms with Gasteiger partial charge in [0, 0.05) is 29.0 Å². The molecule has 0 fully saturated rings. The number of pyridine rings is 1. The largest absolute Gasteiger partial charge is 0.431 e. The average Bonchev–Trinajstić information content (AvgIpc) is 2.87. The third-order valence-electron chi connectivity index (χ3n) is 4.04. The Morgan fingerprint density at radius 2 is 1.88 bits per heavy atom. The average molecular weight is 446 g/mol. The molecule has 0 saturated carbocycles. The molecule has 3 aromatic rings. The van der Waals surface area contributed by atoms with Crippen LogP contribution in [0.5, 0.6) is 0 Å². The second-order valence-electron chi connectivity index (χ2n) is 5.69. The fraction of sp³-hybridized carbons (Fsp3) is 0.294. The summed E-state index contributed by atoms with van der Waals surface area (Å²) in [6.07, 6.45) is -4.62. The molecule has 1 aromatic carbocycles. The van der Waals surface area contributed by atoms with Crippen molar-refractivity contribution < 1.29 is 13.2 Å². The van der Waals surface area contributed by atoms with Gasteiger partial charge in [0.05, 0.1) is 5.52 Å². The summed E-state index contributed by atoms with van der Waals surface area (Å²) in [5, 5.41) is 0. The summed E-state index contributed by atoms with van der Waals surface area (Å²) in [6, 6.07) is 6.54. The van der Waals surface area contributed by atoms with Gasteiger partial charge in [-0.3, -0.25) is 4.79 Å². The Kier molecular flexibility index (Phi) is 4.96. The summed E-state index contributed by atoms with van der Waals surface area (Å²) in [4.78, 5) is 17.8. The molecule has 0 radical (unpaired) electrons. The third kappa shape index (κ3) is 3.18. The van der Waals surface area contributed by atoms with Crippen LogP contribution in [0.25, 0.3) is 22.4 Å². The molecule has 0 atom stereocenters. The Bertz CT molecular complexity index is 1060. The molecule has 3 rings (SSSR count). The van der Waals surface area contributed by atoms with Gasteiger partial charge in [-0.2, -0.15) is 13.2 Å². The lowest BCUT2D eigenvalue weighted by Crippen LogP contribution is -2.26. The Balaban J connectivity index is 2.33. The maximum absolute atomic E-state index is 13.2. The minimum Gasteiger partial charge on any atom is -0.323 e. The van der Waals surface area contributed by atoms with E-state index in [2.05, 4.69) is 20.9 Å². The SMILES string of the molecule is CCSc1cc(Br)ccc1-c1nc2cc(C(F)(F)F)n(C)c(=O)c2n1C. The number of aromatic nitrogens is 3. The van der Waals surface area contributed by atoms with E-state index in [-0.39, 0.29) is 11.0 Å². The summed E-state index contributed by atoms with van der Waals surface area (Å²) < 4.78 is 42.7. The Morgan fingerprint density at radius 1 is 1.19 bits per heavy atom. The minimum absolute atomic E-state index is 0.0355. The van der Waals surface area contributed by atoms with E-state index in [1.807, 2.05) is 25.1 Å². The number of hydrogen-bond acceptors (Lipinski definition) is 3. The van der Waals surface area contributed by atoms with E-state index in [4.69, 9.17) is 0 Å². The van der Waals surface area contributed by atoms with Gasteiger partial charge in [-0.05, 0) is 30.0 Å². The highest BCUT2D eigenvalue weighted by Crippen LogP contribution is 2.35. The van der Waals surface area contributed by atoms with Gasteiger partial charge in [0.1, 0.15) is 17.0 Å². The molecular formula is C17H15BrF3N3OS. The highest BCUT2D eigenvalue weighted by Gasteiger charge is 2.35. The van der Waals surface area contributed by atoms with E-state index in [9.17, 15) is 18.0 Å².